The number of fused-ring (bicyclic) bond motifs is 1. The van der Waals surface area contributed by atoms with Gasteiger partial charge in [0.1, 0.15) is 0 Å². The number of hydrogen-bond acceptors (Lipinski definition) is 1. The molecule has 0 heterocycles. The maximum absolute atomic E-state index is 5.50. The maximum atomic E-state index is 5.50. The fraction of sp³-hybridized carbons (Fsp3) is 0.550. The van der Waals surface area contributed by atoms with E-state index in [0.29, 0.717) is 0 Å². The molecule has 1 unspecified atom stereocenters. The molecule has 22 heavy (non-hydrogen) atoms. The van der Waals surface area contributed by atoms with Crippen LogP contribution in [0.1, 0.15) is 52.0 Å². The standard InChI is InChI=1S/C20H29NSi/c1-4-22(5-2,6-3)21-19-15-17-13-10-14-18(17)20(19)16-11-8-7-9-12-16/h7-9,11-12,17H,4-6,10,13-15H2,1-3H3/b21-19+. The van der Waals surface area contributed by atoms with Gasteiger partial charge in [-0.2, -0.15) is 0 Å². The monoisotopic (exact) mass is 311 g/mol. The SMILES string of the molecule is CC[Si](CC)(CC)/N=C1\CC2CCCC2=C1c1ccccc1. The second-order valence-electron chi connectivity index (χ2n) is 6.90. The second kappa shape index (κ2) is 6.53. The predicted octanol–water partition coefficient (Wildman–Crippen LogP) is 6.09. The summed E-state index contributed by atoms with van der Waals surface area (Å²) in [6, 6.07) is 14.9. The molecule has 0 bridgehead atoms. The molecule has 1 saturated carbocycles. The van der Waals surface area contributed by atoms with E-state index in [9.17, 15) is 0 Å². The van der Waals surface area contributed by atoms with Crippen LogP contribution in [0, 0.1) is 5.92 Å². The Morgan fingerprint density at radius 3 is 2.36 bits per heavy atom. The summed E-state index contributed by atoms with van der Waals surface area (Å²) < 4.78 is 5.50. The summed E-state index contributed by atoms with van der Waals surface area (Å²) in [4.78, 5) is 0. The molecule has 0 aliphatic heterocycles. The number of hydrogen-bond donors (Lipinski definition) is 0. The molecule has 2 aliphatic carbocycles. The summed E-state index contributed by atoms with van der Waals surface area (Å²) in [6.45, 7) is 7.07. The topological polar surface area (TPSA) is 12.4 Å². The molecule has 2 heteroatoms. The summed E-state index contributed by atoms with van der Waals surface area (Å²) in [6.07, 6.45) is 5.27. The van der Waals surface area contributed by atoms with Gasteiger partial charge in [0.15, 0.2) is 8.24 Å². The first-order valence-corrected chi connectivity index (χ1v) is 11.7. The Bertz CT molecular complexity index is 573. The molecule has 2 aliphatic rings. The number of rotatable bonds is 5. The molecule has 1 nitrogen and oxygen atoms in total. The van der Waals surface area contributed by atoms with Crippen molar-refractivity contribution < 1.29 is 0 Å². The van der Waals surface area contributed by atoms with Gasteiger partial charge in [-0.1, -0.05) is 56.7 Å². The van der Waals surface area contributed by atoms with Crippen molar-refractivity contribution in [2.45, 2.75) is 64.6 Å². The Hall–Kier alpha value is -1.15. The highest BCUT2D eigenvalue weighted by atomic mass is 28.3. The quantitative estimate of drug-likeness (QED) is 0.583. The van der Waals surface area contributed by atoms with E-state index in [1.165, 1.54) is 60.7 Å². The third kappa shape index (κ3) is 2.74. The van der Waals surface area contributed by atoms with Crippen molar-refractivity contribution in [2.75, 3.05) is 0 Å². The summed E-state index contributed by atoms with van der Waals surface area (Å²) in [5.41, 5.74) is 6.13. The van der Waals surface area contributed by atoms with Gasteiger partial charge in [0.2, 0.25) is 0 Å². The van der Waals surface area contributed by atoms with Crippen LogP contribution in [-0.2, 0) is 0 Å². The van der Waals surface area contributed by atoms with Gasteiger partial charge >= 0.3 is 0 Å². The highest BCUT2D eigenvalue weighted by Crippen LogP contribution is 2.46. The van der Waals surface area contributed by atoms with Crippen LogP contribution in [-0.4, -0.2) is 13.9 Å². The van der Waals surface area contributed by atoms with Crippen LogP contribution in [0.5, 0.6) is 0 Å². The first kappa shape index (κ1) is 15.7. The third-order valence-corrected chi connectivity index (χ3v) is 10.6. The maximum Gasteiger partial charge on any atom is 0.180 e. The molecule has 0 radical (unpaired) electrons. The van der Waals surface area contributed by atoms with Crippen LogP contribution in [0.15, 0.2) is 40.6 Å². The average molecular weight is 312 g/mol. The van der Waals surface area contributed by atoms with Gasteiger partial charge in [-0.15, -0.1) is 0 Å². The lowest BCUT2D eigenvalue weighted by atomic mass is 10.00. The zero-order valence-electron chi connectivity index (χ0n) is 14.4. The van der Waals surface area contributed by atoms with Crippen LogP contribution >= 0.6 is 0 Å². The van der Waals surface area contributed by atoms with Gasteiger partial charge in [0.25, 0.3) is 0 Å². The van der Waals surface area contributed by atoms with Crippen molar-refractivity contribution in [2.24, 2.45) is 10.6 Å². The molecule has 0 spiro atoms. The molecule has 1 aromatic carbocycles. The Morgan fingerprint density at radius 2 is 1.73 bits per heavy atom. The van der Waals surface area contributed by atoms with Crippen molar-refractivity contribution in [3.8, 4) is 0 Å². The molecular formula is C20H29NSi. The minimum absolute atomic E-state index is 0.797. The van der Waals surface area contributed by atoms with E-state index in [4.69, 9.17) is 4.66 Å². The van der Waals surface area contributed by atoms with Crippen LogP contribution in [0.2, 0.25) is 18.1 Å². The smallest absolute Gasteiger partial charge is 0.180 e. The minimum Gasteiger partial charge on any atom is -0.325 e. The van der Waals surface area contributed by atoms with Crippen molar-refractivity contribution in [1.29, 1.82) is 0 Å². The van der Waals surface area contributed by atoms with Crippen LogP contribution in [0.3, 0.4) is 0 Å². The molecule has 0 N–H and O–H groups in total. The third-order valence-electron chi connectivity index (χ3n) is 5.95. The van der Waals surface area contributed by atoms with E-state index >= 15 is 0 Å². The second-order valence-corrected chi connectivity index (χ2v) is 11.7. The molecule has 1 fully saturated rings. The highest BCUT2D eigenvalue weighted by molar-refractivity contribution is 6.79. The van der Waals surface area contributed by atoms with Crippen LogP contribution in [0.4, 0.5) is 0 Å². The van der Waals surface area contributed by atoms with Gasteiger partial charge in [0.05, 0.1) is 0 Å². The molecule has 0 amide bonds. The van der Waals surface area contributed by atoms with Gasteiger partial charge in [0, 0.05) is 11.3 Å². The van der Waals surface area contributed by atoms with Gasteiger partial charge in [-0.25, -0.2) is 0 Å². The fourth-order valence-corrected chi connectivity index (χ4v) is 7.07. The highest BCUT2D eigenvalue weighted by Gasteiger charge is 2.36. The lowest BCUT2D eigenvalue weighted by Crippen LogP contribution is -2.30. The van der Waals surface area contributed by atoms with E-state index in [0.717, 1.165) is 5.92 Å². The lowest BCUT2D eigenvalue weighted by Gasteiger charge is -2.24. The fourth-order valence-electron chi connectivity index (χ4n) is 4.32. The predicted molar refractivity (Wildman–Crippen MR) is 100.0 cm³/mol. The first-order valence-electron chi connectivity index (χ1n) is 9.10. The molecule has 3 rings (SSSR count). The number of nitrogens with zero attached hydrogens (tertiary/aromatic N) is 1. The summed E-state index contributed by atoms with van der Waals surface area (Å²) >= 11 is 0. The largest absolute Gasteiger partial charge is 0.325 e. The van der Waals surface area contributed by atoms with Crippen molar-refractivity contribution in [3.63, 3.8) is 0 Å². The average Bonchev–Trinajstić information content (AvgIpc) is 3.14. The van der Waals surface area contributed by atoms with Crippen LogP contribution in [0.25, 0.3) is 5.57 Å². The van der Waals surface area contributed by atoms with Crippen LogP contribution < -0.4 is 0 Å². The van der Waals surface area contributed by atoms with Gasteiger partial charge in [-0.05, 0) is 55.3 Å². The van der Waals surface area contributed by atoms with E-state index in [-0.39, 0.29) is 0 Å². The first-order chi connectivity index (χ1) is 10.7. The Labute approximate surface area is 136 Å². The molecule has 0 saturated heterocycles. The van der Waals surface area contributed by atoms with E-state index in [1.807, 2.05) is 0 Å². The van der Waals surface area contributed by atoms with Gasteiger partial charge in [-0.3, -0.25) is 0 Å². The van der Waals surface area contributed by atoms with Gasteiger partial charge < -0.3 is 4.66 Å². The molecular weight excluding hydrogens is 282 g/mol. The minimum atomic E-state index is -1.45. The Balaban J connectivity index is 2.07. The van der Waals surface area contributed by atoms with Crippen molar-refractivity contribution >= 4 is 19.5 Å². The zero-order valence-corrected chi connectivity index (χ0v) is 15.4. The molecule has 1 aromatic rings. The summed E-state index contributed by atoms with van der Waals surface area (Å²) in [5, 5.41) is 0. The van der Waals surface area contributed by atoms with E-state index in [2.05, 4.69) is 51.1 Å². The van der Waals surface area contributed by atoms with Crippen molar-refractivity contribution in [1.82, 2.24) is 0 Å². The molecule has 118 valence electrons. The summed E-state index contributed by atoms with van der Waals surface area (Å²) in [5.74, 6) is 0.797. The normalized spacial score (nSPS) is 23.4. The summed E-state index contributed by atoms with van der Waals surface area (Å²) in [7, 11) is -1.45. The lowest BCUT2D eigenvalue weighted by molar-refractivity contribution is 0.668. The molecule has 0 aromatic heterocycles. The molecule has 1 atom stereocenters. The number of allylic oxidation sites excluding steroid dienone is 2. The Morgan fingerprint density at radius 1 is 1.05 bits per heavy atom. The van der Waals surface area contributed by atoms with E-state index < -0.39 is 8.24 Å². The zero-order chi connectivity index (χ0) is 15.6. The van der Waals surface area contributed by atoms with Crippen molar-refractivity contribution in [3.05, 3.63) is 41.5 Å². The Kier molecular flexibility index (Phi) is 4.67. The van der Waals surface area contributed by atoms with E-state index in [1.54, 1.807) is 5.57 Å². The number of benzene rings is 1.